The number of aromatic nitrogens is 3. The molecule has 116 valence electrons. The number of rotatable bonds is 2. The van der Waals surface area contributed by atoms with E-state index in [0.717, 1.165) is 16.7 Å². The Labute approximate surface area is 133 Å². The van der Waals surface area contributed by atoms with Gasteiger partial charge >= 0.3 is 5.69 Å². The molecule has 0 saturated carbocycles. The topological polar surface area (TPSA) is 84.8 Å². The van der Waals surface area contributed by atoms with Crippen LogP contribution in [-0.2, 0) is 6.42 Å². The Hall–Kier alpha value is -2.80. The van der Waals surface area contributed by atoms with Crippen LogP contribution in [0.1, 0.15) is 10.4 Å². The summed E-state index contributed by atoms with van der Waals surface area (Å²) in [6.07, 6.45) is 1.29. The number of nitrogens with one attached hydrogen (secondary N) is 1. The second-order valence-electron chi connectivity index (χ2n) is 4.82. The van der Waals surface area contributed by atoms with Crippen molar-refractivity contribution in [1.29, 1.82) is 0 Å². The zero-order chi connectivity index (χ0) is 16.6. The molecule has 0 aliphatic heterocycles. The third-order valence-corrected chi connectivity index (χ3v) is 3.48. The molecular weight excluding hydrogens is 325 g/mol. The summed E-state index contributed by atoms with van der Waals surface area (Å²) in [5.74, 6) is -1.21. The maximum absolute atomic E-state index is 13.3. The summed E-state index contributed by atoms with van der Waals surface area (Å²) in [6, 6.07) is 6.40. The van der Waals surface area contributed by atoms with E-state index in [9.17, 15) is 18.8 Å². The van der Waals surface area contributed by atoms with Crippen molar-refractivity contribution in [2.24, 2.45) is 0 Å². The fourth-order valence-corrected chi connectivity index (χ4v) is 2.34. The van der Waals surface area contributed by atoms with Crippen LogP contribution < -0.4 is 11.2 Å². The quantitative estimate of drug-likeness (QED) is 0.724. The summed E-state index contributed by atoms with van der Waals surface area (Å²) in [7, 11) is 0. The van der Waals surface area contributed by atoms with Crippen LogP contribution in [0.2, 0.25) is 5.15 Å². The molecular formula is C15H9ClFN3O3. The Kier molecular flexibility index (Phi) is 3.79. The first-order valence-corrected chi connectivity index (χ1v) is 6.92. The number of nitrogens with zero attached hydrogens (tertiary/aromatic N) is 2. The molecule has 0 saturated heterocycles. The van der Waals surface area contributed by atoms with Crippen molar-refractivity contribution in [1.82, 2.24) is 14.5 Å². The van der Waals surface area contributed by atoms with Crippen LogP contribution in [0.3, 0.4) is 0 Å². The summed E-state index contributed by atoms with van der Waals surface area (Å²) in [5.41, 5.74) is -1.03. The van der Waals surface area contributed by atoms with Crippen LogP contribution in [0.25, 0.3) is 10.9 Å². The van der Waals surface area contributed by atoms with E-state index < -0.39 is 23.0 Å². The molecule has 23 heavy (non-hydrogen) atoms. The molecule has 0 unspecified atom stereocenters. The lowest BCUT2D eigenvalue weighted by Gasteiger charge is -2.08. The van der Waals surface area contributed by atoms with E-state index in [4.69, 9.17) is 11.6 Å². The molecule has 2 aromatic heterocycles. The van der Waals surface area contributed by atoms with Gasteiger partial charge in [-0.15, -0.1) is 0 Å². The molecule has 1 N–H and O–H groups in total. The van der Waals surface area contributed by atoms with Crippen LogP contribution in [0, 0.1) is 5.82 Å². The predicted octanol–water partition coefficient (Wildman–Crippen LogP) is 1.76. The van der Waals surface area contributed by atoms with E-state index in [0.29, 0.717) is 5.56 Å². The van der Waals surface area contributed by atoms with Crippen LogP contribution >= 0.6 is 11.6 Å². The van der Waals surface area contributed by atoms with Gasteiger partial charge in [0.15, 0.2) is 0 Å². The van der Waals surface area contributed by atoms with Crippen molar-refractivity contribution >= 4 is 28.4 Å². The average molecular weight is 334 g/mol. The predicted molar refractivity (Wildman–Crippen MR) is 82.4 cm³/mol. The van der Waals surface area contributed by atoms with Crippen LogP contribution in [0.5, 0.6) is 0 Å². The van der Waals surface area contributed by atoms with E-state index >= 15 is 0 Å². The van der Waals surface area contributed by atoms with E-state index in [1.54, 1.807) is 6.07 Å². The van der Waals surface area contributed by atoms with E-state index in [1.807, 2.05) is 4.98 Å². The number of aromatic amines is 1. The molecule has 2 heterocycles. The third kappa shape index (κ3) is 2.91. The summed E-state index contributed by atoms with van der Waals surface area (Å²) < 4.78 is 14.1. The molecule has 8 heteroatoms. The summed E-state index contributed by atoms with van der Waals surface area (Å²) in [4.78, 5) is 42.0. The van der Waals surface area contributed by atoms with Gasteiger partial charge in [-0.05, 0) is 29.8 Å². The Morgan fingerprint density at radius 3 is 2.74 bits per heavy atom. The van der Waals surface area contributed by atoms with Crippen molar-refractivity contribution in [2.75, 3.05) is 0 Å². The monoisotopic (exact) mass is 333 g/mol. The number of carbonyl (C=O) groups is 1. The van der Waals surface area contributed by atoms with Gasteiger partial charge in [-0.1, -0.05) is 17.7 Å². The minimum atomic E-state index is -0.874. The van der Waals surface area contributed by atoms with Gasteiger partial charge < -0.3 is 0 Å². The number of carbonyl (C=O) groups excluding carboxylic acids is 1. The normalized spacial score (nSPS) is 10.9. The summed E-state index contributed by atoms with van der Waals surface area (Å²) >= 11 is 5.67. The summed E-state index contributed by atoms with van der Waals surface area (Å²) in [6.45, 7) is 0. The molecule has 0 aliphatic rings. The number of fused-ring (bicyclic) bond motifs is 1. The van der Waals surface area contributed by atoms with Crippen LogP contribution in [-0.4, -0.2) is 20.4 Å². The van der Waals surface area contributed by atoms with Gasteiger partial charge in [0.2, 0.25) is 5.91 Å². The van der Waals surface area contributed by atoms with Crippen molar-refractivity contribution in [2.45, 2.75) is 6.42 Å². The highest BCUT2D eigenvalue weighted by atomic mass is 35.5. The van der Waals surface area contributed by atoms with Gasteiger partial charge in [0.25, 0.3) is 5.56 Å². The maximum atomic E-state index is 13.3. The summed E-state index contributed by atoms with van der Waals surface area (Å²) in [5, 5.41) is 0.204. The van der Waals surface area contributed by atoms with Crippen molar-refractivity contribution in [3.8, 4) is 0 Å². The van der Waals surface area contributed by atoms with Gasteiger partial charge in [-0.2, -0.15) is 0 Å². The minimum Gasteiger partial charge on any atom is -0.274 e. The molecule has 0 radical (unpaired) electrons. The first-order valence-electron chi connectivity index (χ1n) is 6.54. The molecule has 3 aromatic rings. The number of pyridine rings is 1. The highest BCUT2D eigenvalue weighted by molar-refractivity contribution is 6.29. The Morgan fingerprint density at radius 1 is 1.26 bits per heavy atom. The Balaban J connectivity index is 2.12. The Morgan fingerprint density at radius 2 is 2.04 bits per heavy atom. The Bertz CT molecular complexity index is 1020. The second kappa shape index (κ2) is 5.77. The molecule has 6 nitrogen and oxygen atoms in total. The first-order chi connectivity index (χ1) is 11.0. The molecule has 0 amide bonds. The lowest BCUT2D eigenvalue weighted by molar-refractivity contribution is 0.0913. The fourth-order valence-electron chi connectivity index (χ4n) is 2.23. The lowest BCUT2D eigenvalue weighted by atomic mass is 10.2. The first kappa shape index (κ1) is 15.1. The number of hydrogen-bond donors (Lipinski definition) is 1. The van der Waals surface area contributed by atoms with Crippen molar-refractivity contribution in [3.05, 3.63) is 73.9 Å². The fraction of sp³-hybridized carbons (Fsp3) is 0.0667. The number of benzene rings is 1. The van der Waals surface area contributed by atoms with E-state index in [-0.39, 0.29) is 22.5 Å². The van der Waals surface area contributed by atoms with Gasteiger partial charge in [-0.25, -0.2) is 18.7 Å². The van der Waals surface area contributed by atoms with Crippen LogP contribution in [0.15, 0.2) is 46.1 Å². The van der Waals surface area contributed by atoms with E-state index in [1.165, 1.54) is 18.3 Å². The van der Waals surface area contributed by atoms with Crippen LogP contribution in [0.4, 0.5) is 4.39 Å². The van der Waals surface area contributed by atoms with Gasteiger partial charge in [0.05, 0.1) is 17.3 Å². The molecule has 0 spiro atoms. The molecule has 0 atom stereocenters. The molecule has 0 fully saturated rings. The van der Waals surface area contributed by atoms with Crippen molar-refractivity contribution in [3.63, 3.8) is 0 Å². The lowest BCUT2D eigenvalue weighted by Crippen LogP contribution is -2.35. The SMILES string of the molecule is O=C(Cc1ccc(Cl)nc1)n1c(=O)[nH]c(=O)c2cc(F)ccc21. The number of hydrogen-bond acceptors (Lipinski definition) is 4. The molecule has 1 aromatic carbocycles. The highest BCUT2D eigenvalue weighted by Crippen LogP contribution is 2.11. The van der Waals surface area contributed by atoms with Gasteiger partial charge in [0.1, 0.15) is 11.0 Å². The average Bonchev–Trinajstić information content (AvgIpc) is 2.50. The number of halogens is 2. The zero-order valence-electron chi connectivity index (χ0n) is 11.5. The maximum Gasteiger partial charge on any atom is 0.335 e. The smallest absolute Gasteiger partial charge is 0.274 e. The zero-order valence-corrected chi connectivity index (χ0v) is 12.3. The molecule has 0 bridgehead atoms. The third-order valence-electron chi connectivity index (χ3n) is 3.26. The molecule has 0 aliphatic carbocycles. The van der Waals surface area contributed by atoms with Gasteiger partial charge in [-0.3, -0.25) is 14.6 Å². The van der Waals surface area contributed by atoms with E-state index in [2.05, 4.69) is 4.98 Å². The second-order valence-corrected chi connectivity index (χ2v) is 5.20. The minimum absolute atomic E-state index is 0.0482. The number of H-pyrrole nitrogens is 1. The highest BCUT2D eigenvalue weighted by Gasteiger charge is 2.15. The molecule has 3 rings (SSSR count). The standard InChI is InChI=1S/C15H9ClFN3O3/c16-12-4-1-8(7-18-12)5-13(21)20-11-3-2-9(17)6-10(11)14(22)19-15(20)23/h1-4,6-7H,5H2,(H,19,22,23). The van der Waals surface area contributed by atoms with Crippen molar-refractivity contribution < 1.29 is 9.18 Å². The van der Waals surface area contributed by atoms with Gasteiger partial charge in [0, 0.05) is 6.20 Å². The largest absolute Gasteiger partial charge is 0.335 e.